The summed E-state index contributed by atoms with van der Waals surface area (Å²) in [6, 6.07) is 8.10. The van der Waals surface area contributed by atoms with Gasteiger partial charge in [-0.05, 0) is 0 Å². The minimum atomic E-state index is -2.94. The van der Waals surface area contributed by atoms with Gasteiger partial charge >= 0.3 is 9.39 Å². The second-order valence-electron chi connectivity index (χ2n) is 2.87. The Morgan fingerprint density at radius 3 is 2.00 bits per heavy atom. The van der Waals surface area contributed by atoms with Crippen LogP contribution in [0.4, 0.5) is 0 Å². The van der Waals surface area contributed by atoms with Gasteiger partial charge in [-0.25, -0.2) is 4.57 Å². The molecule has 1 aromatic rings. The minimum Gasteiger partial charge on any atom is -0.391 e. The molecule has 0 aliphatic carbocycles. The summed E-state index contributed by atoms with van der Waals surface area (Å²) in [5.41, 5.74) is 0. The van der Waals surface area contributed by atoms with E-state index in [0.29, 0.717) is 6.42 Å². The van der Waals surface area contributed by atoms with E-state index in [2.05, 4.69) is 10.6 Å². The molecule has 0 aliphatic rings. The van der Waals surface area contributed by atoms with E-state index < -0.39 is 9.39 Å². The number of rotatable bonds is 3. The monoisotopic (exact) mass is 314 g/mol. The van der Waals surface area contributed by atoms with E-state index in [4.69, 9.17) is 45.5 Å². The summed E-state index contributed by atoms with van der Waals surface area (Å²) in [5, 5.41) is 8.29. The standard InChI is InChI=1S/C9H11N2.Al.4ClH/c10-6-2-5-9-11-7-3-1-4-8-11;;;;;/h1,3-4,7-8H,2,5,9H2;;4*1H/q+1;+3;;;;/p-4. The molecule has 0 aliphatic heterocycles. The molecule has 88 valence electrons. The van der Waals surface area contributed by atoms with Gasteiger partial charge in [-0.15, -0.1) is 0 Å². The van der Waals surface area contributed by atoms with E-state index in [-0.39, 0.29) is 0 Å². The number of hydrogen-bond acceptors (Lipinski definition) is 1. The topological polar surface area (TPSA) is 27.7 Å². The molecule has 0 spiro atoms. The van der Waals surface area contributed by atoms with Crippen molar-refractivity contribution in [3.05, 3.63) is 30.6 Å². The lowest BCUT2D eigenvalue weighted by molar-refractivity contribution is -0.697. The second kappa shape index (κ2) is 9.37. The maximum absolute atomic E-state index is 8.29. The highest BCUT2D eigenvalue weighted by atomic mass is 35.9. The van der Waals surface area contributed by atoms with Gasteiger partial charge in [0.05, 0.1) is 6.07 Å². The zero-order chi connectivity index (χ0) is 12.4. The molecule has 0 radical (unpaired) electrons. The number of aromatic nitrogens is 1. The molecule has 0 saturated carbocycles. The largest absolute Gasteiger partial charge is 0.564 e. The van der Waals surface area contributed by atoms with Gasteiger partial charge in [0.15, 0.2) is 12.4 Å². The summed E-state index contributed by atoms with van der Waals surface area (Å²) in [7, 11) is 17.0. The van der Waals surface area contributed by atoms with Crippen LogP contribution in [0.5, 0.6) is 0 Å². The maximum atomic E-state index is 8.29. The van der Waals surface area contributed by atoms with Gasteiger partial charge in [0.1, 0.15) is 6.54 Å². The molecule has 0 aromatic carbocycles. The third-order valence-electron chi connectivity index (χ3n) is 1.48. The first-order chi connectivity index (χ1) is 7.43. The van der Waals surface area contributed by atoms with Gasteiger partial charge in [-0.1, -0.05) is 6.07 Å². The zero-order valence-electron chi connectivity index (χ0n) is 8.49. The molecule has 0 N–H and O–H groups in total. The van der Waals surface area contributed by atoms with E-state index in [1.807, 2.05) is 30.6 Å². The molecule has 2 nitrogen and oxygen atoms in total. The lowest BCUT2D eigenvalue weighted by atomic mass is 10.3. The molecule has 0 bridgehead atoms. The fraction of sp³-hybridized carbons (Fsp3) is 0.333. The number of halogens is 4. The van der Waals surface area contributed by atoms with Crippen LogP contribution in [-0.2, 0) is 6.54 Å². The van der Waals surface area contributed by atoms with Gasteiger partial charge < -0.3 is 40.2 Å². The Morgan fingerprint density at radius 2 is 1.56 bits per heavy atom. The first-order valence-corrected chi connectivity index (χ1v) is 11.6. The van der Waals surface area contributed by atoms with E-state index in [0.717, 1.165) is 13.0 Å². The van der Waals surface area contributed by atoms with Gasteiger partial charge in [-0.3, -0.25) is 0 Å². The summed E-state index contributed by atoms with van der Waals surface area (Å²) in [4.78, 5) is 0. The number of aryl methyl sites for hydroxylation is 1. The molecule has 7 heteroatoms. The van der Waals surface area contributed by atoms with E-state index in [1.54, 1.807) is 0 Å². The Balaban J connectivity index is 0.000000385. The lowest BCUT2D eigenvalue weighted by Gasteiger charge is -1.97. The van der Waals surface area contributed by atoms with Crippen LogP contribution in [0.1, 0.15) is 12.8 Å². The molecule has 0 fully saturated rings. The van der Waals surface area contributed by atoms with Crippen molar-refractivity contribution in [1.82, 2.24) is 0 Å². The minimum absolute atomic E-state index is 0.641. The van der Waals surface area contributed by atoms with Crippen molar-refractivity contribution in [3.63, 3.8) is 0 Å². The molecular formula is C9H11AlCl4N2. The van der Waals surface area contributed by atoms with Gasteiger partial charge in [-0.2, -0.15) is 5.26 Å². The first-order valence-electron chi connectivity index (χ1n) is 4.62. The summed E-state index contributed by atoms with van der Waals surface area (Å²) in [6.07, 6.45) is 5.60. The third-order valence-corrected chi connectivity index (χ3v) is 1.48. The molecule has 1 rings (SSSR count). The zero-order valence-corrected chi connectivity index (χ0v) is 12.7. The molecule has 0 unspecified atom stereocenters. The Labute approximate surface area is 115 Å². The molecule has 16 heavy (non-hydrogen) atoms. The van der Waals surface area contributed by atoms with Crippen LogP contribution < -0.4 is 4.57 Å². The van der Waals surface area contributed by atoms with Crippen molar-refractivity contribution in [3.8, 4) is 6.07 Å². The van der Waals surface area contributed by atoms with Crippen LogP contribution in [-0.4, -0.2) is 9.39 Å². The SMILES string of the molecule is N#CCCC[n+]1ccccc1.[Cl][Al-]([Cl])([Cl])[Cl]. The fourth-order valence-electron chi connectivity index (χ4n) is 0.924. The van der Waals surface area contributed by atoms with E-state index in [1.165, 1.54) is 0 Å². The van der Waals surface area contributed by atoms with Crippen molar-refractivity contribution in [2.75, 3.05) is 0 Å². The van der Waals surface area contributed by atoms with Crippen molar-refractivity contribution in [2.45, 2.75) is 19.4 Å². The molecular weight excluding hydrogens is 305 g/mol. The Morgan fingerprint density at radius 1 is 1.06 bits per heavy atom. The van der Waals surface area contributed by atoms with Crippen LogP contribution in [0, 0.1) is 11.3 Å². The maximum Gasteiger partial charge on any atom is 0.564 e. The number of hydrogen-bond donors (Lipinski definition) is 0. The number of nitriles is 1. The Kier molecular flexibility index (Phi) is 9.57. The Bertz CT molecular complexity index is 315. The lowest BCUT2D eigenvalue weighted by Crippen LogP contribution is -2.31. The summed E-state index contributed by atoms with van der Waals surface area (Å²) in [5.74, 6) is 0. The van der Waals surface area contributed by atoms with Gasteiger partial charge in [0, 0.05) is 25.0 Å². The van der Waals surface area contributed by atoms with Crippen molar-refractivity contribution in [1.29, 1.82) is 5.26 Å². The van der Waals surface area contributed by atoms with E-state index >= 15 is 0 Å². The van der Waals surface area contributed by atoms with Crippen LogP contribution in [0.25, 0.3) is 0 Å². The summed E-state index contributed by atoms with van der Waals surface area (Å²) < 4.78 is 2.08. The van der Waals surface area contributed by atoms with E-state index in [9.17, 15) is 0 Å². The predicted octanol–water partition coefficient (Wildman–Crippen LogP) is 3.66. The molecule has 0 atom stereocenters. The van der Waals surface area contributed by atoms with Crippen molar-refractivity contribution in [2.24, 2.45) is 0 Å². The fourth-order valence-corrected chi connectivity index (χ4v) is 0.924. The van der Waals surface area contributed by atoms with Crippen LogP contribution in [0.2, 0.25) is 0 Å². The molecule has 0 amide bonds. The average Bonchev–Trinajstić information content (AvgIpc) is 2.17. The van der Waals surface area contributed by atoms with Crippen LogP contribution in [0.3, 0.4) is 0 Å². The molecule has 1 aromatic heterocycles. The van der Waals surface area contributed by atoms with Crippen LogP contribution >= 0.6 is 40.2 Å². The van der Waals surface area contributed by atoms with Crippen LogP contribution in [0.15, 0.2) is 30.6 Å². The molecule has 0 saturated heterocycles. The van der Waals surface area contributed by atoms with Crippen molar-refractivity contribution < 1.29 is 4.57 Å². The summed E-state index contributed by atoms with van der Waals surface area (Å²) >= 11 is 0. The normalized spacial score (nSPS) is 9.94. The van der Waals surface area contributed by atoms with Crippen molar-refractivity contribution >= 4 is 49.6 Å². The third kappa shape index (κ3) is 14.3. The Hall–Kier alpha value is 0.332. The predicted molar refractivity (Wildman–Crippen MR) is 70.7 cm³/mol. The number of unbranched alkanes of at least 4 members (excludes halogenated alkanes) is 1. The molecule has 1 heterocycles. The smallest absolute Gasteiger partial charge is 0.391 e. The quantitative estimate of drug-likeness (QED) is 0.475. The average molecular weight is 316 g/mol. The highest BCUT2D eigenvalue weighted by Crippen LogP contribution is 2.23. The van der Waals surface area contributed by atoms with Gasteiger partial charge in [0.2, 0.25) is 0 Å². The number of nitrogens with zero attached hydrogens (tertiary/aromatic N) is 2. The number of pyridine rings is 1. The van der Waals surface area contributed by atoms with Gasteiger partial charge in [0.25, 0.3) is 0 Å². The summed E-state index contributed by atoms with van der Waals surface area (Å²) in [6.45, 7) is 0.939. The highest BCUT2D eigenvalue weighted by Gasteiger charge is 2.14. The highest BCUT2D eigenvalue weighted by molar-refractivity contribution is 7.81. The first kappa shape index (κ1) is 16.3. The second-order valence-corrected chi connectivity index (χ2v) is 15.7.